The number of aromatic carboxylic acids is 1. The van der Waals surface area contributed by atoms with Crippen molar-refractivity contribution < 1.29 is 19.4 Å². The lowest BCUT2D eigenvalue weighted by Gasteiger charge is -2.09. The molecule has 1 aromatic heterocycles. The third-order valence-electron chi connectivity index (χ3n) is 2.69. The van der Waals surface area contributed by atoms with E-state index in [9.17, 15) is 9.59 Å². The van der Waals surface area contributed by atoms with E-state index in [1.807, 2.05) is 0 Å². The van der Waals surface area contributed by atoms with Gasteiger partial charge in [-0.15, -0.1) is 0 Å². The van der Waals surface area contributed by atoms with Gasteiger partial charge in [0.15, 0.2) is 0 Å². The van der Waals surface area contributed by atoms with Crippen molar-refractivity contribution >= 4 is 29.2 Å². The fourth-order valence-electron chi connectivity index (χ4n) is 1.70. The molecule has 0 unspecified atom stereocenters. The first-order valence-corrected chi connectivity index (χ1v) is 6.24. The summed E-state index contributed by atoms with van der Waals surface area (Å²) in [5.74, 6) is -1.41. The number of halogens is 1. The molecule has 0 aliphatic carbocycles. The smallest absolute Gasteiger partial charge is 0.339 e. The normalized spacial score (nSPS) is 10.0. The van der Waals surface area contributed by atoms with Gasteiger partial charge in [0.2, 0.25) is 0 Å². The predicted molar refractivity (Wildman–Crippen MR) is 77.2 cm³/mol. The number of aromatic nitrogens is 1. The molecule has 2 rings (SSSR count). The number of rotatable bonds is 4. The lowest BCUT2D eigenvalue weighted by atomic mass is 10.1. The number of carboxylic acid groups (broad SMARTS) is 1. The number of nitrogens with one attached hydrogen (secondary N) is 1. The molecule has 0 saturated heterocycles. The van der Waals surface area contributed by atoms with E-state index in [1.165, 1.54) is 37.6 Å². The molecule has 1 heterocycles. The third-order valence-corrected chi connectivity index (χ3v) is 2.99. The number of anilines is 1. The quantitative estimate of drug-likeness (QED) is 0.848. The Morgan fingerprint density at radius 3 is 2.67 bits per heavy atom. The summed E-state index contributed by atoms with van der Waals surface area (Å²) in [6, 6.07) is 7.36. The number of carbonyl (C=O) groups excluding carboxylic acids is 1. The molecule has 1 aromatic carbocycles. The molecular weight excluding hydrogens is 296 g/mol. The van der Waals surface area contributed by atoms with Gasteiger partial charge in [-0.3, -0.25) is 4.79 Å². The average molecular weight is 307 g/mol. The van der Waals surface area contributed by atoms with E-state index in [4.69, 9.17) is 21.4 Å². The van der Waals surface area contributed by atoms with Crippen LogP contribution >= 0.6 is 11.6 Å². The van der Waals surface area contributed by atoms with Crippen molar-refractivity contribution in [3.05, 3.63) is 52.8 Å². The van der Waals surface area contributed by atoms with Gasteiger partial charge >= 0.3 is 5.97 Å². The number of benzene rings is 1. The average Bonchev–Trinajstić information content (AvgIpc) is 2.47. The van der Waals surface area contributed by atoms with Gasteiger partial charge in [-0.1, -0.05) is 11.6 Å². The van der Waals surface area contributed by atoms with Crippen LogP contribution in [-0.4, -0.2) is 29.1 Å². The molecule has 0 atom stereocenters. The van der Waals surface area contributed by atoms with Gasteiger partial charge in [0.05, 0.1) is 12.7 Å². The number of amides is 1. The maximum absolute atomic E-state index is 12.1. The van der Waals surface area contributed by atoms with Gasteiger partial charge in [-0.2, -0.15) is 0 Å². The van der Waals surface area contributed by atoms with Crippen molar-refractivity contribution in [3.63, 3.8) is 0 Å². The predicted octanol–water partition coefficient (Wildman–Crippen LogP) is 2.69. The number of hydrogen-bond acceptors (Lipinski definition) is 4. The first-order valence-electron chi connectivity index (χ1n) is 5.86. The van der Waals surface area contributed by atoms with Crippen LogP contribution in [-0.2, 0) is 0 Å². The SMILES string of the molecule is COc1cc(NC(=O)c2cccnc2Cl)ccc1C(=O)O. The Labute approximate surface area is 125 Å². The highest BCUT2D eigenvalue weighted by Gasteiger charge is 2.14. The fraction of sp³-hybridized carbons (Fsp3) is 0.0714. The Morgan fingerprint density at radius 1 is 1.29 bits per heavy atom. The first kappa shape index (κ1) is 14.8. The molecule has 21 heavy (non-hydrogen) atoms. The van der Waals surface area contributed by atoms with Crippen LogP contribution in [0.1, 0.15) is 20.7 Å². The molecule has 0 spiro atoms. The monoisotopic (exact) mass is 306 g/mol. The van der Waals surface area contributed by atoms with Crippen LogP contribution in [0.15, 0.2) is 36.5 Å². The van der Waals surface area contributed by atoms with E-state index in [-0.39, 0.29) is 22.0 Å². The minimum Gasteiger partial charge on any atom is -0.496 e. The molecule has 0 radical (unpaired) electrons. The Kier molecular flexibility index (Phi) is 4.39. The van der Waals surface area contributed by atoms with Crippen LogP contribution in [0.5, 0.6) is 5.75 Å². The molecule has 0 aliphatic heterocycles. The maximum Gasteiger partial charge on any atom is 0.339 e. The largest absolute Gasteiger partial charge is 0.496 e. The summed E-state index contributed by atoms with van der Waals surface area (Å²) < 4.78 is 4.99. The van der Waals surface area contributed by atoms with Crippen LogP contribution in [0.3, 0.4) is 0 Å². The molecule has 0 saturated carbocycles. The van der Waals surface area contributed by atoms with Crippen LogP contribution < -0.4 is 10.1 Å². The van der Waals surface area contributed by atoms with Gasteiger partial charge in [-0.25, -0.2) is 9.78 Å². The minimum atomic E-state index is -1.11. The maximum atomic E-state index is 12.1. The number of pyridine rings is 1. The Hall–Kier alpha value is -2.60. The molecule has 2 aromatic rings. The zero-order valence-corrected chi connectivity index (χ0v) is 11.7. The molecule has 0 bridgehead atoms. The molecule has 2 N–H and O–H groups in total. The number of hydrogen-bond donors (Lipinski definition) is 2. The second kappa shape index (κ2) is 6.23. The molecule has 0 aliphatic rings. The van der Waals surface area contributed by atoms with Crippen molar-refractivity contribution in [1.29, 1.82) is 0 Å². The summed E-state index contributed by atoms with van der Waals surface area (Å²) in [5.41, 5.74) is 0.622. The fourth-order valence-corrected chi connectivity index (χ4v) is 1.90. The van der Waals surface area contributed by atoms with E-state index in [0.29, 0.717) is 5.69 Å². The Bertz CT molecular complexity index is 703. The number of carboxylic acids is 1. The Balaban J connectivity index is 2.26. The van der Waals surface area contributed by atoms with Crippen molar-refractivity contribution in [2.75, 3.05) is 12.4 Å². The second-order valence-electron chi connectivity index (χ2n) is 4.02. The lowest BCUT2D eigenvalue weighted by molar-refractivity contribution is 0.0693. The molecule has 108 valence electrons. The highest BCUT2D eigenvalue weighted by molar-refractivity contribution is 6.33. The molecule has 7 heteroatoms. The summed E-state index contributed by atoms with van der Waals surface area (Å²) >= 11 is 5.84. The topological polar surface area (TPSA) is 88.5 Å². The van der Waals surface area contributed by atoms with Crippen LogP contribution in [0.25, 0.3) is 0 Å². The summed E-state index contributed by atoms with van der Waals surface area (Å²) in [6.07, 6.45) is 1.48. The lowest BCUT2D eigenvalue weighted by Crippen LogP contribution is -2.13. The van der Waals surface area contributed by atoms with Crippen LogP contribution in [0.4, 0.5) is 5.69 Å². The second-order valence-corrected chi connectivity index (χ2v) is 4.37. The van der Waals surface area contributed by atoms with Gasteiger partial charge in [0.1, 0.15) is 16.5 Å². The zero-order valence-electron chi connectivity index (χ0n) is 11.0. The third kappa shape index (κ3) is 3.29. The van der Waals surface area contributed by atoms with Crippen molar-refractivity contribution in [2.24, 2.45) is 0 Å². The number of nitrogens with zero attached hydrogens (tertiary/aromatic N) is 1. The summed E-state index contributed by atoms with van der Waals surface area (Å²) in [4.78, 5) is 26.9. The standard InChI is InChI=1S/C14H11ClN2O4/c1-21-11-7-8(4-5-9(11)14(19)20)17-13(18)10-3-2-6-16-12(10)15/h2-7H,1H3,(H,17,18)(H,19,20). The number of ether oxygens (including phenoxy) is 1. The van der Waals surface area contributed by atoms with Crippen molar-refractivity contribution in [2.45, 2.75) is 0 Å². The zero-order chi connectivity index (χ0) is 15.4. The number of carbonyl (C=O) groups is 2. The molecule has 1 amide bonds. The van der Waals surface area contributed by atoms with Gasteiger partial charge < -0.3 is 15.2 Å². The van der Waals surface area contributed by atoms with E-state index in [2.05, 4.69) is 10.3 Å². The van der Waals surface area contributed by atoms with Gasteiger partial charge in [-0.05, 0) is 24.3 Å². The molecule has 6 nitrogen and oxygen atoms in total. The first-order chi connectivity index (χ1) is 10.0. The summed E-state index contributed by atoms with van der Waals surface area (Å²) in [7, 11) is 1.35. The van der Waals surface area contributed by atoms with Crippen LogP contribution in [0.2, 0.25) is 5.15 Å². The minimum absolute atomic E-state index is 0.00918. The molecule has 0 fully saturated rings. The highest BCUT2D eigenvalue weighted by atomic mass is 35.5. The van der Waals surface area contributed by atoms with E-state index >= 15 is 0 Å². The number of methoxy groups -OCH3 is 1. The van der Waals surface area contributed by atoms with E-state index in [0.717, 1.165) is 0 Å². The van der Waals surface area contributed by atoms with E-state index in [1.54, 1.807) is 6.07 Å². The van der Waals surface area contributed by atoms with Crippen molar-refractivity contribution in [1.82, 2.24) is 4.98 Å². The van der Waals surface area contributed by atoms with Gasteiger partial charge in [0, 0.05) is 18.0 Å². The highest BCUT2D eigenvalue weighted by Crippen LogP contribution is 2.24. The van der Waals surface area contributed by atoms with Crippen molar-refractivity contribution in [3.8, 4) is 5.75 Å². The van der Waals surface area contributed by atoms with Gasteiger partial charge in [0.25, 0.3) is 5.91 Å². The van der Waals surface area contributed by atoms with Crippen LogP contribution in [0, 0.1) is 0 Å². The summed E-state index contributed by atoms with van der Waals surface area (Å²) in [5, 5.41) is 11.7. The Morgan fingerprint density at radius 2 is 2.05 bits per heavy atom. The summed E-state index contributed by atoms with van der Waals surface area (Å²) in [6.45, 7) is 0. The van der Waals surface area contributed by atoms with E-state index < -0.39 is 11.9 Å². The molecular formula is C14H11ClN2O4.